The van der Waals surface area contributed by atoms with E-state index in [2.05, 4.69) is 0 Å². The van der Waals surface area contributed by atoms with Gasteiger partial charge in [-0.1, -0.05) is 0 Å². The number of nitrogens with two attached hydrogens (primary N) is 1. The van der Waals surface area contributed by atoms with Gasteiger partial charge in [-0.15, -0.1) is 0 Å². The number of carboxylic acid groups (broad SMARTS) is 1. The third-order valence-corrected chi connectivity index (χ3v) is 2.12. The molecular formula is C9H12N2O3. The minimum absolute atomic E-state index is 0.0188. The van der Waals surface area contributed by atoms with Crippen LogP contribution < -0.4 is 5.73 Å². The smallest absolute Gasteiger partial charge is 0.337 e. The molecule has 0 bridgehead atoms. The Morgan fingerprint density at radius 3 is 2.43 bits per heavy atom. The summed E-state index contributed by atoms with van der Waals surface area (Å²) in [5.41, 5.74) is 6.52. The van der Waals surface area contributed by atoms with Crippen molar-refractivity contribution in [1.29, 1.82) is 0 Å². The van der Waals surface area contributed by atoms with Gasteiger partial charge < -0.3 is 15.4 Å². The van der Waals surface area contributed by atoms with E-state index in [1.165, 1.54) is 6.07 Å². The summed E-state index contributed by atoms with van der Waals surface area (Å²) in [4.78, 5) is 21.4. The Kier molecular flexibility index (Phi) is 2.60. The average Bonchev–Trinajstić information content (AvgIpc) is 2.31. The molecule has 1 aromatic rings. The van der Waals surface area contributed by atoms with Crippen molar-refractivity contribution in [2.45, 2.75) is 20.4 Å². The molecule has 1 amide bonds. The van der Waals surface area contributed by atoms with Gasteiger partial charge in [0.15, 0.2) is 0 Å². The van der Waals surface area contributed by atoms with Crippen LogP contribution >= 0.6 is 0 Å². The highest BCUT2D eigenvalue weighted by molar-refractivity contribution is 5.89. The van der Waals surface area contributed by atoms with Crippen molar-refractivity contribution >= 4 is 11.9 Å². The Hall–Kier alpha value is -1.78. The zero-order valence-electron chi connectivity index (χ0n) is 8.07. The number of aromatic nitrogens is 1. The molecule has 14 heavy (non-hydrogen) atoms. The molecule has 1 heterocycles. The Morgan fingerprint density at radius 2 is 2.07 bits per heavy atom. The fraction of sp³-hybridized carbons (Fsp3) is 0.333. The van der Waals surface area contributed by atoms with E-state index in [9.17, 15) is 9.59 Å². The highest BCUT2D eigenvalue weighted by atomic mass is 16.4. The molecule has 0 saturated heterocycles. The van der Waals surface area contributed by atoms with Crippen molar-refractivity contribution in [1.82, 2.24) is 4.57 Å². The Morgan fingerprint density at radius 1 is 1.50 bits per heavy atom. The lowest BCUT2D eigenvalue weighted by Crippen LogP contribution is -2.20. The monoisotopic (exact) mass is 196 g/mol. The van der Waals surface area contributed by atoms with E-state index >= 15 is 0 Å². The summed E-state index contributed by atoms with van der Waals surface area (Å²) >= 11 is 0. The third-order valence-electron chi connectivity index (χ3n) is 2.12. The molecule has 0 atom stereocenters. The van der Waals surface area contributed by atoms with Crippen LogP contribution in [0.1, 0.15) is 21.7 Å². The summed E-state index contributed by atoms with van der Waals surface area (Å²) in [5.74, 6) is -1.47. The van der Waals surface area contributed by atoms with Crippen LogP contribution in [0.25, 0.3) is 0 Å². The van der Waals surface area contributed by atoms with Crippen molar-refractivity contribution in [3.63, 3.8) is 0 Å². The van der Waals surface area contributed by atoms with Gasteiger partial charge in [-0.2, -0.15) is 0 Å². The fourth-order valence-electron chi connectivity index (χ4n) is 1.42. The molecule has 0 aliphatic carbocycles. The first-order valence-corrected chi connectivity index (χ1v) is 4.11. The second-order valence-corrected chi connectivity index (χ2v) is 3.14. The topological polar surface area (TPSA) is 85.3 Å². The standard InChI is InChI=1S/C9H12N2O3/c1-5-3-7(9(13)14)6(2)11(5)4-8(10)12/h3H,4H2,1-2H3,(H2,10,12)(H,13,14). The van der Waals surface area contributed by atoms with Gasteiger partial charge in [-0.3, -0.25) is 4.79 Å². The van der Waals surface area contributed by atoms with Crippen molar-refractivity contribution in [3.05, 3.63) is 23.0 Å². The number of primary amides is 1. The zero-order valence-corrected chi connectivity index (χ0v) is 8.07. The summed E-state index contributed by atoms with van der Waals surface area (Å²) in [7, 11) is 0. The molecule has 3 N–H and O–H groups in total. The normalized spacial score (nSPS) is 10.1. The van der Waals surface area contributed by atoms with E-state index in [-0.39, 0.29) is 12.1 Å². The molecule has 0 saturated carbocycles. The van der Waals surface area contributed by atoms with E-state index in [1.54, 1.807) is 18.4 Å². The molecule has 0 spiro atoms. The molecule has 0 aliphatic rings. The van der Waals surface area contributed by atoms with Gasteiger partial charge >= 0.3 is 5.97 Å². The van der Waals surface area contributed by atoms with Crippen LogP contribution in [0.15, 0.2) is 6.07 Å². The van der Waals surface area contributed by atoms with Gasteiger partial charge in [0, 0.05) is 11.4 Å². The van der Waals surface area contributed by atoms with Crippen molar-refractivity contribution in [2.24, 2.45) is 5.73 Å². The van der Waals surface area contributed by atoms with Gasteiger partial charge in [0.25, 0.3) is 0 Å². The number of aromatic carboxylic acids is 1. The summed E-state index contributed by atoms with van der Waals surface area (Å²) in [6.07, 6.45) is 0. The Balaban J connectivity index is 3.17. The maximum atomic E-state index is 10.7. The number of hydrogen-bond donors (Lipinski definition) is 2. The summed E-state index contributed by atoms with van der Waals surface area (Å²) in [6.45, 7) is 3.41. The summed E-state index contributed by atoms with van der Waals surface area (Å²) < 4.78 is 1.59. The zero-order chi connectivity index (χ0) is 10.9. The average molecular weight is 196 g/mol. The van der Waals surface area contributed by atoms with Gasteiger partial charge in [-0.25, -0.2) is 4.79 Å². The number of amides is 1. The predicted octanol–water partition coefficient (Wildman–Crippen LogP) is 0.288. The summed E-state index contributed by atoms with van der Waals surface area (Å²) in [6, 6.07) is 1.53. The maximum absolute atomic E-state index is 10.7. The quantitative estimate of drug-likeness (QED) is 0.728. The lowest BCUT2D eigenvalue weighted by molar-refractivity contribution is -0.118. The Bertz CT molecular complexity index is 393. The predicted molar refractivity (Wildman–Crippen MR) is 50.1 cm³/mol. The SMILES string of the molecule is Cc1cc(C(=O)O)c(C)n1CC(N)=O. The Labute approximate surface area is 81.1 Å². The second-order valence-electron chi connectivity index (χ2n) is 3.14. The number of carboxylic acids is 1. The molecule has 1 aromatic heterocycles. The van der Waals surface area contributed by atoms with E-state index in [0.717, 1.165) is 5.69 Å². The van der Waals surface area contributed by atoms with E-state index in [4.69, 9.17) is 10.8 Å². The highest BCUT2D eigenvalue weighted by Gasteiger charge is 2.15. The van der Waals surface area contributed by atoms with Crippen molar-refractivity contribution < 1.29 is 14.7 Å². The van der Waals surface area contributed by atoms with E-state index < -0.39 is 11.9 Å². The van der Waals surface area contributed by atoms with Crippen LogP contribution in [-0.4, -0.2) is 21.6 Å². The lowest BCUT2D eigenvalue weighted by Gasteiger charge is -2.05. The molecule has 5 heteroatoms. The van der Waals surface area contributed by atoms with Crippen LogP contribution in [0, 0.1) is 13.8 Å². The molecule has 5 nitrogen and oxygen atoms in total. The van der Waals surface area contributed by atoms with Crippen molar-refractivity contribution in [2.75, 3.05) is 0 Å². The number of aryl methyl sites for hydroxylation is 1. The number of carbonyl (C=O) groups excluding carboxylic acids is 1. The van der Waals surface area contributed by atoms with Gasteiger partial charge in [0.2, 0.25) is 5.91 Å². The van der Waals surface area contributed by atoms with Gasteiger partial charge in [0.05, 0.1) is 5.56 Å². The minimum Gasteiger partial charge on any atom is -0.478 e. The first-order chi connectivity index (χ1) is 6.43. The van der Waals surface area contributed by atoms with E-state index in [1.807, 2.05) is 0 Å². The molecule has 0 unspecified atom stereocenters. The lowest BCUT2D eigenvalue weighted by atomic mass is 10.2. The van der Waals surface area contributed by atoms with Crippen LogP contribution in [0.2, 0.25) is 0 Å². The molecule has 1 rings (SSSR count). The first-order valence-electron chi connectivity index (χ1n) is 4.11. The van der Waals surface area contributed by atoms with Crippen LogP contribution in [0.5, 0.6) is 0 Å². The molecule has 0 aliphatic heterocycles. The van der Waals surface area contributed by atoms with Crippen LogP contribution in [0.4, 0.5) is 0 Å². The van der Waals surface area contributed by atoms with E-state index in [0.29, 0.717) is 5.69 Å². The number of rotatable bonds is 3. The number of hydrogen-bond acceptors (Lipinski definition) is 2. The second kappa shape index (κ2) is 3.53. The maximum Gasteiger partial charge on any atom is 0.337 e. The first kappa shape index (κ1) is 10.3. The molecule has 0 radical (unpaired) electrons. The third kappa shape index (κ3) is 1.76. The fourth-order valence-corrected chi connectivity index (χ4v) is 1.42. The van der Waals surface area contributed by atoms with Crippen molar-refractivity contribution in [3.8, 4) is 0 Å². The molecule has 0 fully saturated rings. The van der Waals surface area contributed by atoms with Gasteiger partial charge in [-0.05, 0) is 19.9 Å². The minimum atomic E-state index is -0.992. The number of carbonyl (C=O) groups is 2. The van der Waals surface area contributed by atoms with Crippen LogP contribution in [0.3, 0.4) is 0 Å². The summed E-state index contributed by atoms with van der Waals surface area (Å²) in [5, 5.41) is 8.81. The van der Waals surface area contributed by atoms with Gasteiger partial charge in [0.1, 0.15) is 6.54 Å². The largest absolute Gasteiger partial charge is 0.478 e. The molecule has 76 valence electrons. The highest BCUT2D eigenvalue weighted by Crippen LogP contribution is 2.14. The molecular weight excluding hydrogens is 184 g/mol. The van der Waals surface area contributed by atoms with Crippen LogP contribution in [-0.2, 0) is 11.3 Å². The molecule has 0 aromatic carbocycles. The number of nitrogens with zero attached hydrogens (tertiary/aromatic N) is 1.